The Labute approximate surface area is 236 Å². The molecule has 4 N–H and O–H groups in total. The summed E-state index contributed by atoms with van der Waals surface area (Å²) < 4.78 is 0. The van der Waals surface area contributed by atoms with Gasteiger partial charge < -0.3 is 21.1 Å². The third-order valence-electron chi connectivity index (χ3n) is 7.76. The summed E-state index contributed by atoms with van der Waals surface area (Å²) in [6, 6.07) is 21.1. The third kappa shape index (κ3) is 7.12. The molecular weight excluding hydrogens is 510 g/mol. The van der Waals surface area contributed by atoms with E-state index in [9.17, 15) is 14.7 Å². The second-order valence-corrected chi connectivity index (χ2v) is 11.0. The number of carboxylic acids is 1. The molecule has 206 valence electrons. The highest BCUT2D eigenvalue weighted by atomic mass is 35.5. The van der Waals surface area contributed by atoms with Gasteiger partial charge >= 0.3 is 5.97 Å². The highest BCUT2D eigenvalue weighted by molar-refractivity contribution is 6.31. The Hall–Kier alpha value is -3.51. The molecule has 1 aliphatic carbocycles. The molecule has 0 spiro atoms. The molecule has 1 amide bonds. The average molecular weight is 548 g/mol. The standard InChI is InChI=1S/C25H30N2O3.C7H8ClN/c1-17-7-2-5-10-21(17)24(28)27-16-6-11-22(25(29)30)23(27)18-12-14-20(15-13-18)26-19-8-3-4-9-19;1-5-2-3-6(9)4-7(5)8/h2,5,7,10,12-15,19,22-23,26H,3-4,6,8-9,11,16H2,1H3,(H,29,30);2-4H,9H2,1H3/t22-,23-;/m0./s1. The summed E-state index contributed by atoms with van der Waals surface area (Å²) in [7, 11) is 0. The minimum absolute atomic E-state index is 0.0859. The van der Waals surface area contributed by atoms with Gasteiger partial charge in [-0.05, 0) is 86.6 Å². The number of piperidine rings is 1. The number of rotatable bonds is 5. The number of hydrogen-bond acceptors (Lipinski definition) is 4. The summed E-state index contributed by atoms with van der Waals surface area (Å²) in [5.74, 6) is -1.52. The number of carboxylic acid groups (broad SMARTS) is 1. The van der Waals surface area contributed by atoms with Gasteiger partial charge in [0, 0.05) is 34.5 Å². The van der Waals surface area contributed by atoms with Crippen LogP contribution >= 0.6 is 11.6 Å². The lowest BCUT2D eigenvalue weighted by molar-refractivity contribution is -0.145. The van der Waals surface area contributed by atoms with Crippen molar-refractivity contribution in [3.8, 4) is 0 Å². The molecule has 1 saturated carbocycles. The Morgan fingerprint density at radius 3 is 2.23 bits per heavy atom. The molecule has 1 saturated heterocycles. The Balaban J connectivity index is 0.000000333. The van der Waals surface area contributed by atoms with E-state index >= 15 is 0 Å². The number of likely N-dealkylation sites (tertiary alicyclic amines) is 1. The van der Waals surface area contributed by atoms with Crippen LogP contribution in [-0.4, -0.2) is 34.5 Å². The van der Waals surface area contributed by atoms with E-state index in [2.05, 4.69) is 5.32 Å². The molecule has 0 bridgehead atoms. The van der Waals surface area contributed by atoms with Crippen LogP contribution in [0.5, 0.6) is 0 Å². The van der Waals surface area contributed by atoms with Crippen LogP contribution in [0.3, 0.4) is 0 Å². The van der Waals surface area contributed by atoms with Crippen LogP contribution in [0.4, 0.5) is 11.4 Å². The van der Waals surface area contributed by atoms with Gasteiger partial charge in [0.25, 0.3) is 5.91 Å². The molecule has 6 nitrogen and oxygen atoms in total. The van der Waals surface area contributed by atoms with E-state index in [4.69, 9.17) is 17.3 Å². The van der Waals surface area contributed by atoms with Crippen LogP contribution in [0, 0.1) is 19.8 Å². The molecule has 2 aliphatic rings. The van der Waals surface area contributed by atoms with E-state index < -0.39 is 17.9 Å². The maximum atomic E-state index is 13.4. The number of nitrogens with zero attached hydrogens (tertiary/aromatic N) is 1. The zero-order valence-electron chi connectivity index (χ0n) is 22.7. The van der Waals surface area contributed by atoms with E-state index in [1.807, 2.05) is 74.5 Å². The van der Waals surface area contributed by atoms with Crippen molar-refractivity contribution in [3.05, 3.63) is 94.0 Å². The fourth-order valence-corrected chi connectivity index (χ4v) is 5.74. The zero-order valence-corrected chi connectivity index (χ0v) is 23.5. The fourth-order valence-electron chi connectivity index (χ4n) is 5.55. The van der Waals surface area contributed by atoms with Crippen molar-refractivity contribution in [1.82, 2.24) is 4.90 Å². The Morgan fingerprint density at radius 1 is 0.923 bits per heavy atom. The SMILES string of the molecule is Cc1ccc(N)cc1Cl.Cc1ccccc1C(=O)N1CCC[C@H](C(=O)O)[C@@H]1c1ccc(NC2CCCC2)cc1. The van der Waals surface area contributed by atoms with Crippen molar-refractivity contribution >= 4 is 34.9 Å². The van der Waals surface area contributed by atoms with Crippen LogP contribution < -0.4 is 11.1 Å². The van der Waals surface area contributed by atoms with E-state index in [1.165, 1.54) is 25.7 Å². The number of aliphatic carboxylic acids is 1. The summed E-state index contributed by atoms with van der Waals surface area (Å²) in [5.41, 5.74) is 10.7. The Bertz CT molecular complexity index is 1290. The van der Waals surface area contributed by atoms with Gasteiger partial charge in [-0.3, -0.25) is 9.59 Å². The minimum Gasteiger partial charge on any atom is -0.481 e. The first kappa shape index (κ1) is 28.5. The molecule has 2 atom stereocenters. The van der Waals surface area contributed by atoms with Crippen molar-refractivity contribution in [2.75, 3.05) is 17.6 Å². The number of nitrogen functional groups attached to an aromatic ring is 1. The van der Waals surface area contributed by atoms with Gasteiger partial charge in [-0.2, -0.15) is 0 Å². The van der Waals surface area contributed by atoms with Crippen LogP contribution in [0.1, 0.15) is 71.6 Å². The lowest BCUT2D eigenvalue weighted by Crippen LogP contribution is -2.45. The van der Waals surface area contributed by atoms with Gasteiger partial charge in [0.2, 0.25) is 0 Å². The predicted molar refractivity (Wildman–Crippen MR) is 158 cm³/mol. The number of hydrogen-bond donors (Lipinski definition) is 3. The van der Waals surface area contributed by atoms with E-state index in [1.54, 1.807) is 11.0 Å². The summed E-state index contributed by atoms with van der Waals surface area (Å²) in [4.78, 5) is 27.2. The second kappa shape index (κ2) is 13.0. The highest BCUT2D eigenvalue weighted by Gasteiger charge is 2.40. The van der Waals surface area contributed by atoms with E-state index in [0.29, 0.717) is 36.7 Å². The first-order valence-corrected chi connectivity index (χ1v) is 14.1. The number of nitrogens with two attached hydrogens (primary N) is 1. The van der Waals surface area contributed by atoms with Gasteiger partial charge in [-0.15, -0.1) is 0 Å². The Kier molecular flexibility index (Phi) is 9.52. The second-order valence-electron chi connectivity index (χ2n) is 10.6. The zero-order chi connectivity index (χ0) is 27.9. The van der Waals surface area contributed by atoms with Crippen molar-refractivity contribution < 1.29 is 14.7 Å². The highest BCUT2D eigenvalue weighted by Crippen LogP contribution is 2.38. The average Bonchev–Trinajstić information content (AvgIpc) is 3.44. The van der Waals surface area contributed by atoms with Gasteiger partial charge in [0.1, 0.15) is 0 Å². The largest absolute Gasteiger partial charge is 0.481 e. The molecule has 0 aromatic heterocycles. The third-order valence-corrected chi connectivity index (χ3v) is 8.17. The first-order valence-electron chi connectivity index (χ1n) is 13.7. The molecule has 1 heterocycles. The normalized spacial score (nSPS) is 19.2. The van der Waals surface area contributed by atoms with Crippen molar-refractivity contribution in [2.24, 2.45) is 5.92 Å². The molecule has 3 aromatic carbocycles. The molecule has 2 fully saturated rings. The van der Waals surface area contributed by atoms with E-state index in [-0.39, 0.29) is 5.91 Å². The van der Waals surface area contributed by atoms with Crippen LogP contribution in [0.25, 0.3) is 0 Å². The molecule has 1 aliphatic heterocycles. The fraction of sp³-hybridized carbons (Fsp3) is 0.375. The maximum Gasteiger partial charge on any atom is 0.308 e. The topological polar surface area (TPSA) is 95.7 Å². The molecule has 5 rings (SSSR count). The van der Waals surface area contributed by atoms with E-state index in [0.717, 1.165) is 27.4 Å². The van der Waals surface area contributed by atoms with Crippen LogP contribution in [0.2, 0.25) is 5.02 Å². The van der Waals surface area contributed by atoms with Crippen molar-refractivity contribution in [2.45, 2.75) is 64.5 Å². The number of benzene rings is 3. The number of aryl methyl sites for hydroxylation is 2. The smallest absolute Gasteiger partial charge is 0.308 e. The van der Waals surface area contributed by atoms with Crippen LogP contribution in [-0.2, 0) is 4.79 Å². The number of halogens is 1. The number of carbonyl (C=O) groups excluding carboxylic acids is 1. The number of carbonyl (C=O) groups is 2. The summed E-state index contributed by atoms with van der Waals surface area (Å²) in [5, 5.41) is 14.2. The molecule has 7 heteroatoms. The minimum atomic E-state index is -0.838. The van der Waals surface area contributed by atoms with Gasteiger partial charge in [-0.25, -0.2) is 0 Å². The lowest BCUT2D eigenvalue weighted by Gasteiger charge is -2.40. The molecule has 39 heavy (non-hydrogen) atoms. The number of nitrogens with one attached hydrogen (secondary N) is 1. The van der Waals surface area contributed by atoms with Crippen molar-refractivity contribution in [3.63, 3.8) is 0 Å². The van der Waals surface area contributed by atoms with Crippen molar-refractivity contribution in [1.29, 1.82) is 0 Å². The predicted octanol–water partition coefficient (Wildman–Crippen LogP) is 7.26. The summed E-state index contributed by atoms with van der Waals surface area (Å²) >= 11 is 5.73. The molecular formula is C32H38ClN3O3. The monoisotopic (exact) mass is 547 g/mol. The molecule has 3 aromatic rings. The summed E-state index contributed by atoms with van der Waals surface area (Å²) in [6.45, 7) is 4.44. The Morgan fingerprint density at radius 2 is 1.62 bits per heavy atom. The van der Waals surface area contributed by atoms with Gasteiger partial charge in [0.05, 0.1) is 12.0 Å². The van der Waals surface area contributed by atoms with Gasteiger partial charge in [-0.1, -0.05) is 60.8 Å². The molecule has 0 radical (unpaired) electrons. The maximum absolute atomic E-state index is 13.4. The lowest BCUT2D eigenvalue weighted by atomic mass is 9.84. The number of anilines is 2. The quantitative estimate of drug-likeness (QED) is 0.292. The van der Waals surface area contributed by atoms with Crippen LogP contribution in [0.15, 0.2) is 66.7 Å². The number of amides is 1. The molecule has 0 unspecified atom stereocenters. The van der Waals surface area contributed by atoms with Gasteiger partial charge in [0.15, 0.2) is 0 Å². The summed E-state index contributed by atoms with van der Waals surface area (Å²) in [6.07, 6.45) is 6.22. The first-order chi connectivity index (χ1) is 18.7.